The molecule has 0 spiro atoms. The lowest BCUT2D eigenvalue weighted by molar-refractivity contribution is -0.123. The van der Waals surface area contributed by atoms with Crippen LogP contribution in [0.1, 0.15) is 9.88 Å². The van der Waals surface area contributed by atoms with Crippen LogP contribution in [-0.2, 0) is 4.79 Å². The molecule has 1 aromatic heterocycles. The van der Waals surface area contributed by atoms with Crippen molar-refractivity contribution in [1.29, 1.82) is 0 Å². The van der Waals surface area contributed by atoms with E-state index >= 15 is 0 Å². The normalized spacial score (nSPS) is 10.7. The predicted octanol–water partition coefficient (Wildman–Crippen LogP) is 1.55. The largest absolute Gasteiger partial charge is 0.345 e. The lowest BCUT2D eigenvalue weighted by Crippen LogP contribution is -2.18. The molecule has 0 radical (unpaired) electrons. The van der Waals surface area contributed by atoms with Crippen LogP contribution < -0.4 is 0 Å². The molecule has 13 heavy (non-hydrogen) atoms. The van der Waals surface area contributed by atoms with E-state index in [0.717, 1.165) is 9.88 Å². The van der Waals surface area contributed by atoms with Gasteiger partial charge >= 0.3 is 0 Å². The van der Waals surface area contributed by atoms with Crippen molar-refractivity contribution in [2.45, 2.75) is 6.92 Å². The lowest BCUT2D eigenvalue weighted by atomic mass is 10.4. The molecule has 0 aliphatic heterocycles. The van der Waals surface area contributed by atoms with Crippen molar-refractivity contribution in [2.75, 3.05) is 14.1 Å². The third-order valence-electron chi connectivity index (χ3n) is 1.47. The van der Waals surface area contributed by atoms with Gasteiger partial charge in [0, 0.05) is 31.2 Å². The maximum atomic E-state index is 11.1. The summed E-state index contributed by atoms with van der Waals surface area (Å²) in [6.45, 7) is 1.94. The van der Waals surface area contributed by atoms with Crippen LogP contribution in [0.2, 0.25) is 0 Å². The number of nitrogens with zero attached hydrogens (tertiary/aromatic N) is 2. The highest BCUT2D eigenvalue weighted by atomic mass is 32.1. The molecule has 0 aromatic carbocycles. The van der Waals surface area contributed by atoms with Crippen LogP contribution in [0.5, 0.6) is 0 Å². The summed E-state index contributed by atoms with van der Waals surface area (Å²) in [7, 11) is 3.45. The van der Waals surface area contributed by atoms with Gasteiger partial charge in [-0.1, -0.05) is 0 Å². The monoisotopic (exact) mass is 196 g/mol. The average Bonchev–Trinajstić information content (AvgIpc) is 2.47. The maximum Gasteiger partial charge on any atom is 0.246 e. The summed E-state index contributed by atoms with van der Waals surface area (Å²) in [5.41, 5.74) is 0. The minimum atomic E-state index is -0.00828. The molecule has 1 heterocycles. The number of thiazole rings is 1. The van der Waals surface area contributed by atoms with Crippen LogP contribution in [-0.4, -0.2) is 29.9 Å². The molecule has 1 rings (SSSR count). The second kappa shape index (κ2) is 4.18. The Bertz CT molecular complexity index is 328. The molecule has 4 heteroatoms. The fourth-order valence-corrected chi connectivity index (χ4v) is 1.45. The van der Waals surface area contributed by atoms with Crippen LogP contribution in [0.25, 0.3) is 6.08 Å². The number of aromatic nitrogens is 1. The predicted molar refractivity (Wildman–Crippen MR) is 54.6 cm³/mol. The van der Waals surface area contributed by atoms with Crippen molar-refractivity contribution in [3.63, 3.8) is 0 Å². The zero-order valence-corrected chi connectivity index (χ0v) is 8.76. The van der Waals surface area contributed by atoms with Gasteiger partial charge in [-0.3, -0.25) is 4.79 Å². The molecular weight excluding hydrogens is 184 g/mol. The molecule has 1 amide bonds. The van der Waals surface area contributed by atoms with E-state index in [4.69, 9.17) is 0 Å². The van der Waals surface area contributed by atoms with Crippen LogP contribution in [0, 0.1) is 6.92 Å². The van der Waals surface area contributed by atoms with E-state index in [2.05, 4.69) is 4.98 Å². The third kappa shape index (κ3) is 2.99. The first-order chi connectivity index (χ1) is 6.09. The van der Waals surface area contributed by atoms with E-state index in [9.17, 15) is 4.79 Å². The molecule has 0 N–H and O–H groups in total. The highest BCUT2D eigenvalue weighted by molar-refractivity contribution is 7.12. The first-order valence-electron chi connectivity index (χ1n) is 3.91. The molecule has 0 unspecified atom stereocenters. The van der Waals surface area contributed by atoms with E-state index in [1.165, 1.54) is 4.90 Å². The second-order valence-corrected chi connectivity index (χ2v) is 4.11. The molecule has 3 nitrogen and oxygen atoms in total. The van der Waals surface area contributed by atoms with Gasteiger partial charge < -0.3 is 4.90 Å². The molecule has 0 saturated carbocycles. The molecule has 0 aliphatic rings. The molecule has 0 fully saturated rings. The SMILES string of the molecule is Cc1ncc(/C=C/C(=O)N(C)C)s1. The Balaban J connectivity index is 2.64. The lowest BCUT2D eigenvalue weighted by Gasteiger charge is -2.04. The number of likely N-dealkylation sites (N-methyl/N-ethyl adjacent to an activating group) is 1. The Morgan fingerprint density at radius 1 is 1.62 bits per heavy atom. The topological polar surface area (TPSA) is 33.2 Å². The summed E-state index contributed by atoms with van der Waals surface area (Å²) in [4.78, 5) is 17.8. The molecule has 70 valence electrons. The second-order valence-electron chi connectivity index (χ2n) is 2.85. The molecule has 0 atom stereocenters. The van der Waals surface area contributed by atoms with Gasteiger partial charge in [0.25, 0.3) is 0 Å². The first kappa shape index (κ1) is 9.92. The Morgan fingerprint density at radius 2 is 2.31 bits per heavy atom. The van der Waals surface area contributed by atoms with Gasteiger partial charge in [0.2, 0.25) is 5.91 Å². The van der Waals surface area contributed by atoms with Crippen molar-refractivity contribution >= 4 is 23.3 Å². The van der Waals surface area contributed by atoms with Gasteiger partial charge in [0.05, 0.1) is 5.01 Å². The number of carbonyl (C=O) groups is 1. The highest BCUT2D eigenvalue weighted by Crippen LogP contribution is 2.12. The summed E-state index contributed by atoms with van der Waals surface area (Å²) in [5.74, 6) is -0.00828. The van der Waals surface area contributed by atoms with Gasteiger partial charge in [-0.25, -0.2) is 4.98 Å². The first-order valence-corrected chi connectivity index (χ1v) is 4.73. The van der Waals surface area contributed by atoms with E-state index < -0.39 is 0 Å². The number of amides is 1. The fourth-order valence-electron chi connectivity index (χ4n) is 0.757. The van der Waals surface area contributed by atoms with E-state index in [1.807, 2.05) is 6.92 Å². The van der Waals surface area contributed by atoms with E-state index in [0.29, 0.717) is 0 Å². The smallest absolute Gasteiger partial charge is 0.246 e. The van der Waals surface area contributed by atoms with Crippen LogP contribution in [0.4, 0.5) is 0 Å². The Morgan fingerprint density at radius 3 is 2.77 bits per heavy atom. The van der Waals surface area contributed by atoms with Gasteiger partial charge in [-0.2, -0.15) is 0 Å². The zero-order chi connectivity index (χ0) is 9.84. The van der Waals surface area contributed by atoms with E-state index in [-0.39, 0.29) is 5.91 Å². The Hall–Kier alpha value is -1.16. The van der Waals surface area contributed by atoms with Crippen molar-refractivity contribution in [1.82, 2.24) is 9.88 Å². The molecule has 0 aliphatic carbocycles. The van der Waals surface area contributed by atoms with Crippen molar-refractivity contribution in [3.05, 3.63) is 22.2 Å². The van der Waals surface area contributed by atoms with Crippen LogP contribution in [0.3, 0.4) is 0 Å². The van der Waals surface area contributed by atoms with Gasteiger partial charge in [0.15, 0.2) is 0 Å². The highest BCUT2D eigenvalue weighted by Gasteiger charge is 1.98. The van der Waals surface area contributed by atoms with Crippen molar-refractivity contribution in [3.8, 4) is 0 Å². The summed E-state index contributed by atoms with van der Waals surface area (Å²) in [5, 5.41) is 1.01. The van der Waals surface area contributed by atoms with Crippen LogP contribution >= 0.6 is 11.3 Å². The van der Waals surface area contributed by atoms with Gasteiger partial charge in [-0.15, -0.1) is 11.3 Å². The summed E-state index contributed by atoms with van der Waals surface area (Å²) in [6.07, 6.45) is 5.10. The molecular formula is C9H12N2OS. The Kier molecular flexibility index (Phi) is 3.19. The van der Waals surface area contributed by atoms with Gasteiger partial charge in [-0.05, 0) is 13.0 Å². The number of hydrogen-bond acceptors (Lipinski definition) is 3. The van der Waals surface area contributed by atoms with Crippen molar-refractivity contribution in [2.24, 2.45) is 0 Å². The summed E-state index contributed by atoms with van der Waals surface area (Å²) in [6, 6.07) is 0. The third-order valence-corrected chi connectivity index (χ3v) is 2.35. The van der Waals surface area contributed by atoms with Crippen molar-refractivity contribution < 1.29 is 4.79 Å². The minimum Gasteiger partial charge on any atom is -0.345 e. The Labute approximate surface area is 81.7 Å². The van der Waals surface area contributed by atoms with Gasteiger partial charge in [0.1, 0.15) is 0 Å². The summed E-state index contributed by atoms with van der Waals surface area (Å²) >= 11 is 1.57. The average molecular weight is 196 g/mol. The molecule has 1 aromatic rings. The number of carbonyl (C=O) groups excluding carboxylic acids is 1. The molecule has 0 saturated heterocycles. The number of rotatable bonds is 2. The van der Waals surface area contributed by atoms with E-state index in [1.54, 1.807) is 43.8 Å². The molecule has 0 bridgehead atoms. The fraction of sp³-hybridized carbons (Fsp3) is 0.333. The number of aryl methyl sites for hydroxylation is 1. The summed E-state index contributed by atoms with van der Waals surface area (Å²) < 4.78 is 0. The standard InChI is InChI=1S/C9H12N2OS/c1-7-10-6-8(13-7)4-5-9(12)11(2)3/h4-6H,1-3H3/b5-4+. The minimum absolute atomic E-state index is 0.00828. The maximum absolute atomic E-state index is 11.1. The zero-order valence-electron chi connectivity index (χ0n) is 7.94. The van der Waals surface area contributed by atoms with Crippen LogP contribution in [0.15, 0.2) is 12.3 Å². The number of hydrogen-bond donors (Lipinski definition) is 0. The quantitative estimate of drug-likeness (QED) is 0.672.